The minimum absolute atomic E-state index is 0.120. The topological polar surface area (TPSA) is 51.2 Å². The average molecular weight is 356 g/mol. The Morgan fingerprint density at radius 2 is 2.20 bits per heavy atom. The van der Waals surface area contributed by atoms with Gasteiger partial charge in [-0.1, -0.05) is 13.0 Å². The standard InChI is InChI=1S/C19H17FN2O2S/c1-2-14-7-9-25-18(14)19(23)22-11-13-5-6-17(16(20)10-13)24-15-4-3-8-21-12-15/h3-10,12H,2,11H2,1H3,(H,22,23). The molecule has 128 valence electrons. The summed E-state index contributed by atoms with van der Waals surface area (Å²) >= 11 is 1.41. The summed E-state index contributed by atoms with van der Waals surface area (Å²) in [4.78, 5) is 16.9. The predicted molar refractivity (Wildman–Crippen MR) is 95.6 cm³/mol. The van der Waals surface area contributed by atoms with Crippen LogP contribution in [-0.2, 0) is 13.0 Å². The molecule has 0 fully saturated rings. The first-order chi connectivity index (χ1) is 12.2. The van der Waals surface area contributed by atoms with E-state index >= 15 is 0 Å². The lowest BCUT2D eigenvalue weighted by atomic mass is 10.2. The second-order valence-electron chi connectivity index (χ2n) is 5.37. The molecule has 2 heterocycles. The maximum absolute atomic E-state index is 14.2. The van der Waals surface area contributed by atoms with Gasteiger partial charge in [0, 0.05) is 12.7 Å². The molecule has 0 unspecified atom stereocenters. The van der Waals surface area contributed by atoms with Crippen LogP contribution in [0.25, 0.3) is 0 Å². The minimum atomic E-state index is -0.485. The van der Waals surface area contributed by atoms with Gasteiger partial charge >= 0.3 is 0 Å². The van der Waals surface area contributed by atoms with Crippen molar-refractivity contribution in [3.63, 3.8) is 0 Å². The van der Waals surface area contributed by atoms with E-state index in [0.29, 0.717) is 16.2 Å². The summed E-state index contributed by atoms with van der Waals surface area (Å²) in [5.74, 6) is -0.0363. The zero-order valence-corrected chi connectivity index (χ0v) is 14.5. The van der Waals surface area contributed by atoms with Crippen molar-refractivity contribution < 1.29 is 13.9 Å². The van der Waals surface area contributed by atoms with Crippen molar-refractivity contribution in [3.05, 3.63) is 76.0 Å². The van der Waals surface area contributed by atoms with Crippen LogP contribution in [0.2, 0.25) is 0 Å². The Morgan fingerprint density at radius 3 is 2.92 bits per heavy atom. The zero-order chi connectivity index (χ0) is 17.6. The smallest absolute Gasteiger partial charge is 0.261 e. The number of hydrogen-bond acceptors (Lipinski definition) is 4. The predicted octanol–water partition coefficient (Wildman–Crippen LogP) is 4.57. The number of hydrogen-bond donors (Lipinski definition) is 1. The summed E-state index contributed by atoms with van der Waals surface area (Å²) in [6.45, 7) is 2.26. The fraction of sp³-hybridized carbons (Fsp3) is 0.158. The number of aromatic nitrogens is 1. The number of aryl methyl sites for hydroxylation is 1. The van der Waals surface area contributed by atoms with Crippen LogP contribution < -0.4 is 10.1 Å². The van der Waals surface area contributed by atoms with Gasteiger partial charge in [0.05, 0.1) is 11.1 Å². The molecule has 3 aromatic rings. The number of pyridine rings is 1. The molecule has 0 aliphatic heterocycles. The molecule has 0 spiro atoms. The maximum Gasteiger partial charge on any atom is 0.261 e. The molecular formula is C19H17FN2O2S. The monoisotopic (exact) mass is 356 g/mol. The third kappa shape index (κ3) is 4.22. The van der Waals surface area contributed by atoms with Crippen LogP contribution in [-0.4, -0.2) is 10.9 Å². The van der Waals surface area contributed by atoms with E-state index in [0.717, 1.165) is 12.0 Å². The molecule has 0 aliphatic carbocycles. The second kappa shape index (κ2) is 7.90. The summed E-state index contributed by atoms with van der Waals surface area (Å²) in [6, 6.07) is 10.0. The Hall–Kier alpha value is -2.73. The zero-order valence-electron chi connectivity index (χ0n) is 13.7. The first-order valence-corrected chi connectivity index (χ1v) is 8.76. The number of thiophene rings is 1. The Labute approximate surface area is 149 Å². The van der Waals surface area contributed by atoms with Crippen LogP contribution >= 0.6 is 11.3 Å². The number of nitrogens with one attached hydrogen (secondary N) is 1. The molecular weight excluding hydrogens is 339 g/mol. The van der Waals surface area contributed by atoms with Crippen LogP contribution in [0.5, 0.6) is 11.5 Å². The van der Waals surface area contributed by atoms with Crippen LogP contribution in [0, 0.1) is 5.82 Å². The van der Waals surface area contributed by atoms with Gasteiger partial charge in [-0.3, -0.25) is 9.78 Å². The molecule has 6 heteroatoms. The summed E-state index contributed by atoms with van der Waals surface area (Å²) in [5.41, 5.74) is 1.69. The van der Waals surface area contributed by atoms with Crippen molar-refractivity contribution in [2.75, 3.05) is 0 Å². The number of rotatable bonds is 6. The molecule has 25 heavy (non-hydrogen) atoms. The van der Waals surface area contributed by atoms with Gasteiger partial charge in [-0.25, -0.2) is 4.39 Å². The molecule has 0 atom stereocenters. The van der Waals surface area contributed by atoms with Crippen molar-refractivity contribution in [3.8, 4) is 11.5 Å². The van der Waals surface area contributed by atoms with Gasteiger partial charge in [0.2, 0.25) is 0 Å². The van der Waals surface area contributed by atoms with E-state index in [1.807, 2.05) is 18.4 Å². The van der Waals surface area contributed by atoms with Crippen molar-refractivity contribution in [2.24, 2.45) is 0 Å². The average Bonchev–Trinajstić information content (AvgIpc) is 3.11. The molecule has 2 aromatic heterocycles. The number of carbonyl (C=O) groups excluding carboxylic acids is 1. The summed E-state index contributed by atoms with van der Waals surface area (Å²) < 4.78 is 19.7. The molecule has 0 aliphatic rings. The van der Waals surface area contributed by atoms with E-state index in [2.05, 4.69) is 10.3 Å². The van der Waals surface area contributed by atoms with E-state index in [4.69, 9.17) is 4.74 Å². The molecule has 0 radical (unpaired) electrons. The first-order valence-electron chi connectivity index (χ1n) is 7.88. The number of nitrogens with zero attached hydrogens (tertiary/aromatic N) is 1. The van der Waals surface area contributed by atoms with Crippen LogP contribution in [0.1, 0.15) is 27.7 Å². The van der Waals surface area contributed by atoms with Crippen LogP contribution in [0.4, 0.5) is 4.39 Å². The highest BCUT2D eigenvalue weighted by molar-refractivity contribution is 7.12. The molecule has 1 aromatic carbocycles. The highest BCUT2D eigenvalue weighted by Crippen LogP contribution is 2.24. The van der Waals surface area contributed by atoms with Gasteiger partial charge in [-0.15, -0.1) is 11.3 Å². The van der Waals surface area contributed by atoms with E-state index in [-0.39, 0.29) is 18.2 Å². The fourth-order valence-electron chi connectivity index (χ4n) is 2.35. The van der Waals surface area contributed by atoms with E-state index in [1.165, 1.54) is 23.6 Å². The van der Waals surface area contributed by atoms with E-state index < -0.39 is 5.82 Å². The second-order valence-corrected chi connectivity index (χ2v) is 6.28. The third-order valence-electron chi connectivity index (χ3n) is 3.65. The van der Waals surface area contributed by atoms with Crippen LogP contribution in [0.15, 0.2) is 54.2 Å². The Balaban J connectivity index is 1.64. The molecule has 0 saturated carbocycles. The fourth-order valence-corrected chi connectivity index (χ4v) is 3.26. The number of halogens is 1. The molecule has 1 N–H and O–H groups in total. The first kappa shape index (κ1) is 17.1. The Kier molecular flexibility index (Phi) is 5.40. The van der Waals surface area contributed by atoms with Crippen LogP contribution in [0.3, 0.4) is 0 Å². The van der Waals surface area contributed by atoms with Gasteiger partial charge in [0.1, 0.15) is 5.75 Å². The Morgan fingerprint density at radius 1 is 1.32 bits per heavy atom. The van der Waals surface area contributed by atoms with Crippen molar-refractivity contribution in [1.82, 2.24) is 10.3 Å². The number of amides is 1. The number of ether oxygens (including phenoxy) is 1. The summed E-state index contributed by atoms with van der Waals surface area (Å²) in [6.07, 6.45) is 3.94. The largest absolute Gasteiger partial charge is 0.453 e. The third-order valence-corrected chi connectivity index (χ3v) is 4.60. The van der Waals surface area contributed by atoms with Gasteiger partial charge in [-0.2, -0.15) is 0 Å². The highest BCUT2D eigenvalue weighted by atomic mass is 32.1. The SMILES string of the molecule is CCc1ccsc1C(=O)NCc1ccc(Oc2cccnc2)c(F)c1. The van der Waals surface area contributed by atoms with Gasteiger partial charge < -0.3 is 10.1 Å². The van der Waals surface area contributed by atoms with Gasteiger partial charge in [0.25, 0.3) is 5.91 Å². The summed E-state index contributed by atoms with van der Waals surface area (Å²) in [5, 5.41) is 4.73. The lowest BCUT2D eigenvalue weighted by Crippen LogP contribution is -2.22. The molecule has 0 bridgehead atoms. The molecule has 4 nitrogen and oxygen atoms in total. The summed E-state index contributed by atoms with van der Waals surface area (Å²) in [7, 11) is 0. The lowest BCUT2D eigenvalue weighted by molar-refractivity contribution is 0.0954. The molecule has 0 saturated heterocycles. The van der Waals surface area contributed by atoms with E-state index in [9.17, 15) is 9.18 Å². The Bertz CT molecular complexity index is 865. The van der Waals surface area contributed by atoms with Gasteiger partial charge in [0.15, 0.2) is 11.6 Å². The maximum atomic E-state index is 14.2. The molecule has 3 rings (SSSR count). The van der Waals surface area contributed by atoms with Crippen molar-refractivity contribution in [1.29, 1.82) is 0 Å². The highest BCUT2D eigenvalue weighted by Gasteiger charge is 2.12. The van der Waals surface area contributed by atoms with Gasteiger partial charge in [-0.05, 0) is 53.3 Å². The molecule has 1 amide bonds. The van der Waals surface area contributed by atoms with Crippen molar-refractivity contribution in [2.45, 2.75) is 19.9 Å². The minimum Gasteiger partial charge on any atom is -0.453 e. The lowest BCUT2D eigenvalue weighted by Gasteiger charge is -2.09. The number of benzene rings is 1. The number of carbonyl (C=O) groups is 1. The quantitative estimate of drug-likeness (QED) is 0.704. The normalized spacial score (nSPS) is 10.5. The van der Waals surface area contributed by atoms with Crippen molar-refractivity contribution >= 4 is 17.2 Å². The van der Waals surface area contributed by atoms with E-state index in [1.54, 1.807) is 30.5 Å².